The van der Waals surface area contributed by atoms with Crippen LogP contribution in [-0.4, -0.2) is 14.5 Å². The zero-order valence-corrected chi connectivity index (χ0v) is 15.3. The highest BCUT2D eigenvalue weighted by molar-refractivity contribution is 7.89. The Morgan fingerprint density at radius 3 is 2.33 bits per heavy atom. The molecule has 5 heteroatoms. The van der Waals surface area contributed by atoms with E-state index in [4.69, 9.17) is 0 Å². The minimum Gasteiger partial charge on any atom is -0.208 e. The molecule has 0 aliphatic carbocycles. The normalized spacial score (nSPS) is 13.7. The molecule has 0 aromatic heterocycles. The number of hydrogen-bond acceptors (Lipinski definition) is 2. The van der Waals surface area contributed by atoms with Gasteiger partial charge in [0.1, 0.15) is 5.82 Å². The van der Waals surface area contributed by atoms with E-state index < -0.39 is 15.8 Å². The molecule has 1 unspecified atom stereocenters. The summed E-state index contributed by atoms with van der Waals surface area (Å²) in [4.78, 5) is 0.119. The lowest BCUT2D eigenvalue weighted by Gasteiger charge is -2.29. The zero-order chi connectivity index (χ0) is 18.0. The fourth-order valence-corrected chi connectivity index (χ4v) is 4.53. The number of hydrogen-bond donors (Lipinski definition) is 1. The fraction of sp³-hybridized carbons (Fsp3) is 0.368. The van der Waals surface area contributed by atoms with Gasteiger partial charge >= 0.3 is 0 Å². The van der Waals surface area contributed by atoms with Crippen molar-refractivity contribution < 1.29 is 12.8 Å². The summed E-state index contributed by atoms with van der Waals surface area (Å²) in [5.41, 5.74) is 1.40. The number of halogens is 1. The SMILES string of the molecule is Cc1cc(F)ccc1S(=O)(=O)NC(C)CC(C)(C)c1ccccc1. The van der Waals surface area contributed by atoms with Gasteiger partial charge in [-0.3, -0.25) is 0 Å². The van der Waals surface area contributed by atoms with Gasteiger partial charge in [-0.2, -0.15) is 0 Å². The van der Waals surface area contributed by atoms with Crippen LogP contribution in [0, 0.1) is 12.7 Å². The maximum atomic E-state index is 13.2. The van der Waals surface area contributed by atoms with Crippen LogP contribution < -0.4 is 4.72 Å². The minimum absolute atomic E-state index is 0.119. The van der Waals surface area contributed by atoms with E-state index in [2.05, 4.69) is 18.6 Å². The van der Waals surface area contributed by atoms with Crippen LogP contribution in [0.25, 0.3) is 0 Å². The Bertz CT molecular complexity index is 801. The van der Waals surface area contributed by atoms with E-state index in [-0.39, 0.29) is 16.4 Å². The van der Waals surface area contributed by atoms with Crippen molar-refractivity contribution in [3.63, 3.8) is 0 Å². The van der Waals surface area contributed by atoms with Gasteiger partial charge in [0, 0.05) is 6.04 Å². The number of sulfonamides is 1. The van der Waals surface area contributed by atoms with Crippen molar-refractivity contribution in [2.24, 2.45) is 0 Å². The maximum Gasteiger partial charge on any atom is 0.241 e. The smallest absolute Gasteiger partial charge is 0.208 e. The Morgan fingerprint density at radius 2 is 1.75 bits per heavy atom. The molecule has 130 valence electrons. The third-order valence-electron chi connectivity index (χ3n) is 4.15. The molecule has 0 amide bonds. The van der Waals surface area contributed by atoms with Gasteiger partial charge in [-0.05, 0) is 55.0 Å². The van der Waals surface area contributed by atoms with Gasteiger partial charge in [0.2, 0.25) is 10.0 Å². The predicted octanol–water partition coefficient (Wildman–Crippen LogP) is 4.17. The lowest BCUT2D eigenvalue weighted by molar-refractivity contribution is 0.418. The van der Waals surface area contributed by atoms with E-state index in [1.807, 2.05) is 37.3 Å². The summed E-state index contributed by atoms with van der Waals surface area (Å²) in [5, 5.41) is 0. The van der Waals surface area contributed by atoms with Crippen LogP contribution in [0.1, 0.15) is 38.3 Å². The molecule has 2 rings (SSSR count). The Balaban J connectivity index is 2.15. The third kappa shape index (κ3) is 4.42. The standard InChI is InChI=1S/C19H24FNO2S/c1-14-12-17(20)10-11-18(14)24(22,23)21-15(2)13-19(3,4)16-8-6-5-7-9-16/h5-12,15,21H,13H2,1-4H3. The summed E-state index contributed by atoms with van der Waals surface area (Å²) in [5.74, 6) is -0.440. The van der Waals surface area contributed by atoms with Crippen molar-refractivity contribution >= 4 is 10.0 Å². The van der Waals surface area contributed by atoms with Crippen LogP contribution in [0.5, 0.6) is 0 Å². The molecule has 24 heavy (non-hydrogen) atoms. The molecular formula is C19H24FNO2S. The summed E-state index contributed by atoms with van der Waals surface area (Å²) >= 11 is 0. The van der Waals surface area contributed by atoms with Crippen molar-refractivity contribution in [3.8, 4) is 0 Å². The molecule has 0 radical (unpaired) electrons. The highest BCUT2D eigenvalue weighted by Gasteiger charge is 2.26. The number of benzene rings is 2. The molecule has 2 aromatic rings. The molecule has 0 saturated heterocycles. The monoisotopic (exact) mass is 349 g/mol. The van der Waals surface area contributed by atoms with Crippen LogP contribution in [0.4, 0.5) is 4.39 Å². The second-order valence-corrected chi connectivity index (χ2v) is 8.57. The molecule has 0 aliphatic rings. The average molecular weight is 349 g/mol. The van der Waals surface area contributed by atoms with E-state index >= 15 is 0 Å². The summed E-state index contributed by atoms with van der Waals surface area (Å²) < 4.78 is 41.0. The van der Waals surface area contributed by atoms with Crippen LogP contribution in [0.2, 0.25) is 0 Å². The van der Waals surface area contributed by atoms with Crippen molar-refractivity contribution in [1.29, 1.82) is 0 Å². The Kier molecular flexibility index (Phi) is 5.45. The van der Waals surface area contributed by atoms with Crippen LogP contribution in [0.15, 0.2) is 53.4 Å². The molecular weight excluding hydrogens is 325 g/mol. The van der Waals surface area contributed by atoms with Gasteiger partial charge in [0.25, 0.3) is 0 Å². The second-order valence-electron chi connectivity index (χ2n) is 6.89. The zero-order valence-electron chi connectivity index (χ0n) is 14.5. The van der Waals surface area contributed by atoms with Crippen molar-refractivity contribution in [1.82, 2.24) is 4.72 Å². The highest BCUT2D eigenvalue weighted by atomic mass is 32.2. The topological polar surface area (TPSA) is 46.2 Å². The van der Waals surface area contributed by atoms with Gasteiger partial charge in [-0.15, -0.1) is 0 Å². The van der Waals surface area contributed by atoms with Crippen molar-refractivity contribution in [3.05, 3.63) is 65.5 Å². The summed E-state index contributed by atoms with van der Waals surface area (Å²) in [7, 11) is -3.68. The molecule has 3 nitrogen and oxygen atoms in total. The van der Waals surface area contributed by atoms with Crippen LogP contribution >= 0.6 is 0 Å². The number of nitrogens with one attached hydrogen (secondary N) is 1. The van der Waals surface area contributed by atoms with Crippen molar-refractivity contribution in [2.75, 3.05) is 0 Å². The third-order valence-corrected chi connectivity index (χ3v) is 5.90. The minimum atomic E-state index is -3.68. The molecule has 0 aliphatic heterocycles. The average Bonchev–Trinajstić information content (AvgIpc) is 2.46. The molecule has 0 spiro atoms. The quantitative estimate of drug-likeness (QED) is 0.851. The van der Waals surface area contributed by atoms with E-state index in [1.54, 1.807) is 6.92 Å². The Morgan fingerprint density at radius 1 is 1.12 bits per heavy atom. The van der Waals surface area contributed by atoms with E-state index in [9.17, 15) is 12.8 Å². The lowest BCUT2D eigenvalue weighted by Crippen LogP contribution is -2.37. The highest BCUT2D eigenvalue weighted by Crippen LogP contribution is 2.28. The van der Waals surface area contributed by atoms with E-state index in [0.29, 0.717) is 12.0 Å². The lowest BCUT2D eigenvalue weighted by atomic mass is 9.79. The first-order valence-corrected chi connectivity index (χ1v) is 9.44. The van der Waals surface area contributed by atoms with Gasteiger partial charge in [0.15, 0.2) is 0 Å². The van der Waals surface area contributed by atoms with Gasteiger partial charge in [-0.25, -0.2) is 17.5 Å². The Labute approximate surface area is 144 Å². The fourth-order valence-electron chi connectivity index (χ4n) is 3.06. The molecule has 0 saturated carbocycles. The van der Waals surface area contributed by atoms with Gasteiger partial charge in [0.05, 0.1) is 4.90 Å². The first-order chi connectivity index (χ1) is 11.1. The predicted molar refractivity (Wildman–Crippen MR) is 95.0 cm³/mol. The summed E-state index contributed by atoms with van der Waals surface area (Å²) in [6, 6.07) is 13.5. The number of aryl methyl sites for hydroxylation is 1. The first kappa shape index (κ1) is 18.6. The maximum absolute atomic E-state index is 13.2. The molecule has 1 N–H and O–H groups in total. The first-order valence-electron chi connectivity index (χ1n) is 7.96. The molecule has 0 fully saturated rings. The van der Waals surface area contributed by atoms with Crippen LogP contribution in [0.3, 0.4) is 0 Å². The summed E-state index contributed by atoms with van der Waals surface area (Å²) in [6.45, 7) is 7.63. The molecule has 1 atom stereocenters. The van der Waals surface area contributed by atoms with Gasteiger partial charge in [-0.1, -0.05) is 44.2 Å². The second kappa shape index (κ2) is 7.03. The van der Waals surface area contributed by atoms with Crippen molar-refractivity contribution in [2.45, 2.75) is 50.5 Å². The molecule has 0 heterocycles. The van der Waals surface area contributed by atoms with E-state index in [0.717, 1.165) is 5.56 Å². The van der Waals surface area contributed by atoms with E-state index in [1.165, 1.54) is 18.2 Å². The Hall–Kier alpha value is -1.72. The van der Waals surface area contributed by atoms with Gasteiger partial charge < -0.3 is 0 Å². The number of rotatable bonds is 6. The molecule has 0 bridgehead atoms. The largest absolute Gasteiger partial charge is 0.241 e. The molecule has 2 aromatic carbocycles. The van der Waals surface area contributed by atoms with Crippen LogP contribution in [-0.2, 0) is 15.4 Å². The summed E-state index contributed by atoms with van der Waals surface area (Å²) in [6.07, 6.45) is 0.649.